The van der Waals surface area contributed by atoms with Gasteiger partial charge in [0.2, 0.25) is 0 Å². The van der Waals surface area contributed by atoms with E-state index in [1.807, 2.05) is 38.6 Å². The van der Waals surface area contributed by atoms with Gasteiger partial charge in [0.15, 0.2) is 0 Å². The summed E-state index contributed by atoms with van der Waals surface area (Å²) in [4.78, 5) is 14.1. The average molecular weight is 369 g/mol. The first-order chi connectivity index (χ1) is 12.1. The Kier molecular flexibility index (Phi) is 6.74. The third kappa shape index (κ3) is 5.23. The van der Waals surface area contributed by atoms with Crippen molar-refractivity contribution in [3.8, 4) is 0 Å². The van der Waals surface area contributed by atoms with E-state index in [2.05, 4.69) is 64.1 Å². The van der Waals surface area contributed by atoms with E-state index in [0.717, 1.165) is 0 Å². The number of Topliss-reactive ketones (excluding diaryl/α,β-unsaturated/α-hetero) is 1. The molecule has 0 heterocycles. The number of benzene rings is 2. The molecule has 2 rings (SSSR count). The maximum absolute atomic E-state index is 12.8. The minimum absolute atomic E-state index is 0.226. The number of ketones is 1. The van der Waals surface area contributed by atoms with Gasteiger partial charge >= 0.3 is 0 Å². The van der Waals surface area contributed by atoms with Crippen molar-refractivity contribution in [3.63, 3.8) is 0 Å². The van der Waals surface area contributed by atoms with Crippen LogP contribution in [0.15, 0.2) is 47.4 Å². The largest absolute Gasteiger partial charge is 0.299 e. The summed E-state index contributed by atoms with van der Waals surface area (Å²) >= 11 is 1.88. The second-order valence-electron chi connectivity index (χ2n) is 8.46. The molecule has 2 heteroatoms. The summed E-state index contributed by atoms with van der Waals surface area (Å²) in [6, 6.07) is 15.1. The van der Waals surface area contributed by atoms with Crippen molar-refractivity contribution in [2.45, 2.75) is 71.0 Å². The smallest absolute Gasteiger partial charge is 0.139 e. The van der Waals surface area contributed by atoms with Gasteiger partial charge in [-0.1, -0.05) is 75.7 Å². The Balaban J connectivity index is 2.36. The first-order valence-electron chi connectivity index (χ1n) is 9.42. The molecule has 0 fully saturated rings. The van der Waals surface area contributed by atoms with Crippen LogP contribution >= 0.6 is 11.8 Å². The lowest BCUT2D eigenvalue weighted by molar-refractivity contribution is -0.126. The van der Waals surface area contributed by atoms with Crippen LogP contribution in [0.3, 0.4) is 0 Å². The van der Waals surface area contributed by atoms with E-state index in [0.29, 0.717) is 18.1 Å². The summed E-state index contributed by atoms with van der Waals surface area (Å²) in [5.74, 6) is 0.646. The number of thioether (sulfide) groups is 1. The van der Waals surface area contributed by atoms with E-state index >= 15 is 0 Å². The predicted molar refractivity (Wildman–Crippen MR) is 114 cm³/mol. The Morgan fingerprint density at radius 3 is 2.04 bits per heavy atom. The van der Waals surface area contributed by atoms with Crippen LogP contribution in [0.5, 0.6) is 0 Å². The Morgan fingerprint density at radius 2 is 1.54 bits per heavy atom. The molecule has 0 aromatic heterocycles. The summed E-state index contributed by atoms with van der Waals surface area (Å²) in [5.41, 5.74) is 4.91. The SMILES string of the molecule is Cc1cc(C)c(S[C@H](CC(=O)C(C)(C)C)[C@H](C)c2ccccc2)c(C)c1. The van der Waals surface area contributed by atoms with Crippen molar-refractivity contribution in [2.24, 2.45) is 5.41 Å². The molecule has 0 aliphatic heterocycles. The van der Waals surface area contributed by atoms with Gasteiger partial charge in [0.25, 0.3) is 0 Å². The fourth-order valence-corrected chi connectivity index (χ4v) is 4.67. The lowest BCUT2D eigenvalue weighted by Gasteiger charge is -2.28. The number of hydrogen-bond donors (Lipinski definition) is 0. The molecule has 0 N–H and O–H groups in total. The Hall–Kier alpha value is -1.54. The molecule has 0 aliphatic carbocycles. The third-order valence-corrected chi connectivity index (χ3v) is 6.74. The number of rotatable bonds is 6. The van der Waals surface area contributed by atoms with Crippen LogP contribution in [-0.4, -0.2) is 11.0 Å². The lowest BCUT2D eigenvalue weighted by Crippen LogP contribution is -2.26. The van der Waals surface area contributed by atoms with E-state index in [4.69, 9.17) is 0 Å². The molecule has 0 unspecified atom stereocenters. The average Bonchev–Trinajstić information content (AvgIpc) is 2.56. The van der Waals surface area contributed by atoms with Gasteiger partial charge in [-0.2, -0.15) is 0 Å². The molecule has 2 aromatic carbocycles. The fourth-order valence-electron chi connectivity index (χ4n) is 3.28. The molecule has 0 saturated heterocycles. The summed E-state index contributed by atoms with van der Waals surface area (Å²) in [6.45, 7) is 14.8. The zero-order valence-electron chi connectivity index (χ0n) is 17.2. The first-order valence-corrected chi connectivity index (χ1v) is 10.3. The van der Waals surface area contributed by atoms with Gasteiger partial charge in [0, 0.05) is 22.0 Å². The Bertz CT molecular complexity index is 733. The van der Waals surface area contributed by atoms with Crippen LogP contribution in [0.1, 0.15) is 62.3 Å². The molecule has 2 aromatic rings. The molecule has 0 spiro atoms. The standard InChI is InChI=1S/C24H32OS/c1-16-13-17(2)23(18(3)14-16)26-21(15-22(25)24(5,6)7)19(4)20-11-9-8-10-12-20/h8-14,19,21H,15H2,1-7H3/t19-,21-/m1/s1. The zero-order chi connectivity index (χ0) is 19.5. The highest BCUT2D eigenvalue weighted by atomic mass is 32.2. The molecular formula is C24H32OS. The summed E-state index contributed by atoms with van der Waals surface area (Å²) in [7, 11) is 0. The van der Waals surface area contributed by atoms with Gasteiger partial charge in [-0.05, 0) is 43.4 Å². The van der Waals surface area contributed by atoms with Gasteiger partial charge in [-0.15, -0.1) is 11.8 Å². The first kappa shape index (κ1) is 20.8. The van der Waals surface area contributed by atoms with Gasteiger partial charge in [0.05, 0.1) is 0 Å². The Morgan fingerprint density at radius 1 is 1.00 bits per heavy atom. The molecule has 0 amide bonds. The third-order valence-electron chi connectivity index (χ3n) is 4.98. The van der Waals surface area contributed by atoms with E-state index in [9.17, 15) is 4.79 Å². The van der Waals surface area contributed by atoms with Crippen molar-refractivity contribution in [3.05, 3.63) is 64.7 Å². The van der Waals surface area contributed by atoms with Gasteiger partial charge in [-0.3, -0.25) is 4.79 Å². The van der Waals surface area contributed by atoms with Crippen LogP contribution in [0.25, 0.3) is 0 Å². The number of hydrogen-bond acceptors (Lipinski definition) is 2. The molecule has 1 nitrogen and oxygen atoms in total. The molecule has 0 bridgehead atoms. The van der Waals surface area contributed by atoms with Crippen LogP contribution in [-0.2, 0) is 4.79 Å². The van der Waals surface area contributed by atoms with Crippen molar-refractivity contribution >= 4 is 17.5 Å². The summed E-state index contributed by atoms with van der Waals surface area (Å²) in [6.07, 6.45) is 0.594. The normalized spacial score (nSPS) is 14.1. The van der Waals surface area contributed by atoms with Crippen LogP contribution in [0, 0.1) is 26.2 Å². The minimum atomic E-state index is -0.299. The monoisotopic (exact) mass is 368 g/mol. The second-order valence-corrected chi connectivity index (χ2v) is 9.71. The van der Waals surface area contributed by atoms with E-state index < -0.39 is 0 Å². The van der Waals surface area contributed by atoms with Gasteiger partial charge < -0.3 is 0 Å². The van der Waals surface area contributed by atoms with Crippen molar-refractivity contribution in [1.82, 2.24) is 0 Å². The molecule has 0 aliphatic rings. The van der Waals surface area contributed by atoms with Crippen LogP contribution < -0.4 is 0 Å². The molecule has 2 atom stereocenters. The minimum Gasteiger partial charge on any atom is -0.299 e. The highest BCUT2D eigenvalue weighted by Gasteiger charge is 2.29. The van der Waals surface area contributed by atoms with E-state index in [1.165, 1.54) is 27.1 Å². The predicted octanol–water partition coefficient (Wildman–Crippen LogP) is 6.88. The lowest BCUT2D eigenvalue weighted by atomic mass is 9.85. The highest BCUT2D eigenvalue weighted by Crippen LogP contribution is 2.40. The highest BCUT2D eigenvalue weighted by molar-refractivity contribution is 8.00. The fraction of sp³-hybridized carbons (Fsp3) is 0.458. The molecule has 140 valence electrons. The van der Waals surface area contributed by atoms with Crippen LogP contribution in [0.4, 0.5) is 0 Å². The maximum atomic E-state index is 12.8. The molecule has 0 saturated carbocycles. The molecular weight excluding hydrogens is 336 g/mol. The summed E-state index contributed by atoms with van der Waals surface area (Å²) < 4.78 is 0. The second kappa shape index (κ2) is 8.43. The zero-order valence-corrected chi connectivity index (χ0v) is 18.0. The molecule has 26 heavy (non-hydrogen) atoms. The van der Waals surface area contributed by atoms with E-state index in [-0.39, 0.29) is 10.7 Å². The van der Waals surface area contributed by atoms with Gasteiger partial charge in [-0.25, -0.2) is 0 Å². The topological polar surface area (TPSA) is 17.1 Å². The number of carbonyl (C=O) groups excluding carboxylic acids is 1. The van der Waals surface area contributed by atoms with Crippen molar-refractivity contribution in [1.29, 1.82) is 0 Å². The quantitative estimate of drug-likeness (QED) is 0.517. The number of aryl methyl sites for hydroxylation is 3. The maximum Gasteiger partial charge on any atom is 0.139 e. The molecule has 0 radical (unpaired) electrons. The van der Waals surface area contributed by atoms with Crippen molar-refractivity contribution in [2.75, 3.05) is 0 Å². The van der Waals surface area contributed by atoms with Gasteiger partial charge in [0.1, 0.15) is 5.78 Å². The summed E-state index contributed by atoms with van der Waals surface area (Å²) in [5, 5.41) is 0.226. The Labute approximate surface area is 163 Å². The van der Waals surface area contributed by atoms with Crippen LogP contribution in [0.2, 0.25) is 0 Å². The van der Waals surface area contributed by atoms with E-state index in [1.54, 1.807) is 0 Å². The van der Waals surface area contributed by atoms with Crippen molar-refractivity contribution < 1.29 is 4.79 Å². The number of carbonyl (C=O) groups is 1.